The van der Waals surface area contributed by atoms with Crippen molar-refractivity contribution in [1.29, 1.82) is 0 Å². The van der Waals surface area contributed by atoms with Gasteiger partial charge in [-0.1, -0.05) is 0 Å². The number of carbonyl (C=O) groups excluding carboxylic acids is 1. The lowest BCUT2D eigenvalue weighted by atomic mass is 9.93. The van der Waals surface area contributed by atoms with Gasteiger partial charge in [-0.25, -0.2) is 0 Å². The smallest absolute Gasteiger partial charge is 0.303 e. The number of ether oxygens (including phenoxy) is 3. The zero-order valence-electron chi connectivity index (χ0n) is 14.2. The molecule has 0 unspecified atom stereocenters. The van der Waals surface area contributed by atoms with Gasteiger partial charge in [-0.2, -0.15) is 0 Å². The molecular weight excluding hydrogens is 314 g/mol. The Morgan fingerprint density at radius 2 is 1.58 bits per heavy atom. The number of carboxylic acid groups (broad SMARTS) is 1. The molecule has 0 aromatic heterocycles. The molecule has 1 amide bonds. The number of nitrogens with zero attached hydrogens (tertiary/aromatic N) is 1. The normalized spacial score (nSPS) is 15.0. The van der Waals surface area contributed by atoms with Crippen LogP contribution < -0.4 is 14.2 Å². The topological polar surface area (TPSA) is 85.3 Å². The Bertz CT molecular complexity index is 607. The molecule has 7 heteroatoms. The van der Waals surface area contributed by atoms with Gasteiger partial charge in [0.05, 0.1) is 26.9 Å². The lowest BCUT2D eigenvalue weighted by molar-refractivity contribution is -0.138. The summed E-state index contributed by atoms with van der Waals surface area (Å²) in [6.07, 6.45) is 1.53. The third-order valence-corrected chi connectivity index (χ3v) is 4.30. The highest BCUT2D eigenvalue weighted by Crippen LogP contribution is 2.35. The fraction of sp³-hybridized carbons (Fsp3) is 0.529. The van der Waals surface area contributed by atoms with E-state index in [-0.39, 0.29) is 18.2 Å². The van der Waals surface area contributed by atoms with E-state index in [0.29, 0.717) is 48.7 Å². The molecule has 1 aliphatic rings. The van der Waals surface area contributed by atoms with Gasteiger partial charge < -0.3 is 24.2 Å². The van der Waals surface area contributed by atoms with Crippen LogP contribution in [0.3, 0.4) is 0 Å². The number of likely N-dealkylation sites (tertiary alicyclic amines) is 1. The van der Waals surface area contributed by atoms with Crippen LogP contribution in [0.5, 0.6) is 17.2 Å². The summed E-state index contributed by atoms with van der Waals surface area (Å²) in [5.74, 6) is 0.556. The minimum Gasteiger partial charge on any atom is -0.496 e. The summed E-state index contributed by atoms with van der Waals surface area (Å²) in [5, 5.41) is 8.87. The van der Waals surface area contributed by atoms with Gasteiger partial charge >= 0.3 is 5.97 Å². The summed E-state index contributed by atoms with van der Waals surface area (Å²) in [5.41, 5.74) is 0.409. The first kappa shape index (κ1) is 17.9. The van der Waals surface area contributed by atoms with E-state index in [1.54, 1.807) is 17.0 Å². The number of aliphatic carboxylic acids is 1. The van der Waals surface area contributed by atoms with E-state index in [1.807, 2.05) is 0 Å². The van der Waals surface area contributed by atoms with Crippen molar-refractivity contribution in [3.8, 4) is 17.2 Å². The largest absolute Gasteiger partial charge is 0.496 e. The Labute approximate surface area is 141 Å². The zero-order valence-corrected chi connectivity index (χ0v) is 14.2. The molecular formula is C17H23NO6. The summed E-state index contributed by atoms with van der Waals surface area (Å²) in [4.78, 5) is 25.3. The molecule has 132 valence electrons. The minimum absolute atomic E-state index is 0.124. The molecule has 0 aliphatic carbocycles. The molecule has 0 spiro atoms. The van der Waals surface area contributed by atoms with E-state index in [1.165, 1.54) is 21.3 Å². The van der Waals surface area contributed by atoms with Crippen LogP contribution in [0.4, 0.5) is 0 Å². The van der Waals surface area contributed by atoms with Crippen molar-refractivity contribution in [2.75, 3.05) is 34.4 Å². The Hall–Kier alpha value is -2.44. The SMILES string of the molecule is COc1cc(OC)c(C(=O)N2CCC(CC(=O)O)CC2)cc1OC. The number of carbonyl (C=O) groups is 2. The predicted octanol–water partition coefficient (Wildman–Crippen LogP) is 2.04. The van der Waals surface area contributed by atoms with Crippen molar-refractivity contribution >= 4 is 11.9 Å². The number of hydrogen-bond acceptors (Lipinski definition) is 5. The standard InChI is InChI=1S/C17H23NO6/c1-22-13-10-15(24-3)14(23-2)9-12(13)17(21)18-6-4-11(5-7-18)8-16(19)20/h9-11H,4-8H2,1-3H3,(H,19,20). The maximum atomic E-state index is 12.8. The molecule has 0 bridgehead atoms. The van der Waals surface area contributed by atoms with Gasteiger partial charge in [0.25, 0.3) is 5.91 Å². The fourth-order valence-electron chi connectivity index (χ4n) is 2.95. The van der Waals surface area contributed by atoms with Crippen LogP contribution in [0.25, 0.3) is 0 Å². The highest BCUT2D eigenvalue weighted by molar-refractivity contribution is 5.98. The van der Waals surface area contributed by atoms with E-state index in [0.717, 1.165) is 0 Å². The second-order valence-corrected chi connectivity index (χ2v) is 5.74. The Morgan fingerprint density at radius 1 is 1.04 bits per heavy atom. The van der Waals surface area contributed by atoms with Gasteiger partial charge in [-0.3, -0.25) is 9.59 Å². The molecule has 1 N–H and O–H groups in total. The molecule has 0 radical (unpaired) electrons. The van der Waals surface area contributed by atoms with Crippen LogP contribution in [0.2, 0.25) is 0 Å². The fourth-order valence-corrected chi connectivity index (χ4v) is 2.95. The molecule has 0 atom stereocenters. The maximum absolute atomic E-state index is 12.8. The summed E-state index contributed by atoms with van der Waals surface area (Å²) >= 11 is 0. The molecule has 0 saturated carbocycles. The molecule has 1 aromatic carbocycles. The first-order chi connectivity index (χ1) is 11.5. The number of hydrogen-bond donors (Lipinski definition) is 1. The van der Waals surface area contributed by atoms with E-state index in [9.17, 15) is 9.59 Å². The van der Waals surface area contributed by atoms with Gasteiger partial charge in [-0.15, -0.1) is 0 Å². The van der Waals surface area contributed by atoms with Gasteiger partial charge in [0, 0.05) is 31.6 Å². The Morgan fingerprint density at radius 3 is 2.08 bits per heavy atom. The van der Waals surface area contributed by atoms with E-state index in [2.05, 4.69) is 0 Å². The highest BCUT2D eigenvalue weighted by atomic mass is 16.5. The highest BCUT2D eigenvalue weighted by Gasteiger charge is 2.27. The average Bonchev–Trinajstić information content (AvgIpc) is 2.60. The number of piperidine rings is 1. The van der Waals surface area contributed by atoms with Gasteiger partial charge in [0.2, 0.25) is 0 Å². The molecule has 24 heavy (non-hydrogen) atoms. The van der Waals surface area contributed by atoms with Crippen LogP contribution in [0.1, 0.15) is 29.6 Å². The predicted molar refractivity (Wildman–Crippen MR) is 87.0 cm³/mol. The Kier molecular flexibility index (Phi) is 5.89. The van der Waals surface area contributed by atoms with Gasteiger partial charge in [0.1, 0.15) is 5.75 Å². The maximum Gasteiger partial charge on any atom is 0.303 e. The zero-order chi connectivity index (χ0) is 17.7. The number of amides is 1. The van der Waals surface area contributed by atoms with Crippen LogP contribution in [0, 0.1) is 5.92 Å². The summed E-state index contributed by atoms with van der Waals surface area (Å²) in [7, 11) is 4.53. The van der Waals surface area contributed by atoms with Crippen molar-refractivity contribution in [2.24, 2.45) is 5.92 Å². The molecule has 2 rings (SSSR count). The second-order valence-electron chi connectivity index (χ2n) is 5.74. The van der Waals surface area contributed by atoms with Gasteiger partial charge in [0.15, 0.2) is 11.5 Å². The minimum atomic E-state index is -0.790. The Balaban J connectivity index is 2.16. The molecule has 7 nitrogen and oxygen atoms in total. The summed E-state index contributed by atoms with van der Waals surface area (Å²) in [6, 6.07) is 3.24. The first-order valence-electron chi connectivity index (χ1n) is 7.81. The molecule has 1 fully saturated rings. The number of rotatable bonds is 6. The van der Waals surface area contributed by atoms with Crippen molar-refractivity contribution in [3.63, 3.8) is 0 Å². The lowest BCUT2D eigenvalue weighted by Gasteiger charge is -2.31. The lowest BCUT2D eigenvalue weighted by Crippen LogP contribution is -2.39. The van der Waals surface area contributed by atoms with Crippen LogP contribution >= 0.6 is 0 Å². The molecule has 1 aliphatic heterocycles. The third kappa shape index (κ3) is 3.90. The quantitative estimate of drug-likeness (QED) is 0.855. The first-order valence-corrected chi connectivity index (χ1v) is 7.81. The average molecular weight is 337 g/mol. The summed E-state index contributed by atoms with van der Waals surface area (Å²) in [6.45, 7) is 1.07. The van der Waals surface area contributed by atoms with Crippen LogP contribution in [-0.2, 0) is 4.79 Å². The molecule has 1 aromatic rings. The van der Waals surface area contributed by atoms with Crippen LogP contribution in [-0.4, -0.2) is 56.3 Å². The van der Waals surface area contributed by atoms with E-state index in [4.69, 9.17) is 19.3 Å². The van der Waals surface area contributed by atoms with Crippen molar-refractivity contribution < 1.29 is 28.9 Å². The van der Waals surface area contributed by atoms with Crippen LogP contribution in [0.15, 0.2) is 12.1 Å². The summed E-state index contributed by atoms with van der Waals surface area (Å²) < 4.78 is 15.8. The van der Waals surface area contributed by atoms with Crippen molar-refractivity contribution in [1.82, 2.24) is 4.90 Å². The van der Waals surface area contributed by atoms with Crippen molar-refractivity contribution in [2.45, 2.75) is 19.3 Å². The van der Waals surface area contributed by atoms with Crippen molar-refractivity contribution in [3.05, 3.63) is 17.7 Å². The second kappa shape index (κ2) is 7.90. The monoisotopic (exact) mass is 337 g/mol. The van der Waals surface area contributed by atoms with Gasteiger partial charge in [-0.05, 0) is 18.8 Å². The number of carboxylic acids is 1. The number of methoxy groups -OCH3 is 3. The molecule has 1 heterocycles. The molecule has 1 saturated heterocycles. The third-order valence-electron chi connectivity index (χ3n) is 4.30. The number of benzene rings is 1. The van der Waals surface area contributed by atoms with E-state index >= 15 is 0 Å². The van der Waals surface area contributed by atoms with E-state index < -0.39 is 5.97 Å².